The molecule has 0 unspecified atom stereocenters. The summed E-state index contributed by atoms with van der Waals surface area (Å²) in [5.74, 6) is 0. The molecule has 0 aliphatic rings. The molecule has 1 aromatic rings. The molecular formula is C14H15NO2. The molecule has 3 nitrogen and oxygen atoms in total. The molecule has 0 saturated carbocycles. The third kappa shape index (κ3) is 3.74. The zero-order valence-electron chi connectivity index (χ0n) is 9.68. The highest BCUT2D eigenvalue weighted by molar-refractivity contribution is 5.81. The van der Waals surface area contributed by atoms with E-state index in [4.69, 9.17) is 5.21 Å². The van der Waals surface area contributed by atoms with Gasteiger partial charge in [-0.1, -0.05) is 43.0 Å². The minimum atomic E-state index is 0.178. The smallest absolute Gasteiger partial charge is 0.152 e. The van der Waals surface area contributed by atoms with Crippen LogP contribution < -0.4 is 5.48 Å². The number of hydrogen-bond acceptors (Lipinski definition) is 3. The lowest BCUT2D eigenvalue weighted by molar-refractivity contribution is -0.104. The SMILES string of the molecule is C=C(NO)/C(C=O)=C\C=C(/C)c1ccccc1. The molecule has 0 aromatic heterocycles. The molecule has 3 heteroatoms. The number of allylic oxidation sites excluding steroid dienone is 4. The van der Waals surface area contributed by atoms with Gasteiger partial charge in [-0.3, -0.25) is 15.5 Å². The minimum Gasteiger partial charge on any atom is -0.298 e. The quantitative estimate of drug-likeness (QED) is 0.353. The number of benzene rings is 1. The van der Waals surface area contributed by atoms with Crippen LogP contribution in [0.15, 0.2) is 60.3 Å². The van der Waals surface area contributed by atoms with E-state index in [1.165, 1.54) is 0 Å². The topological polar surface area (TPSA) is 49.3 Å². The van der Waals surface area contributed by atoms with Crippen LogP contribution in [0.25, 0.3) is 5.57 Å². The van der Waals surface area contributed by atoms with Crippen LogP contribution in [-0.4, -0.2) is 11.5 Å². The molecule has 0 amide bonds. The molecule has 0 bridgehead atoms. The van der Waals surface area contributed by atoms with E-state index in [1.807, 2.05) is 48.8 Å². The zero-order valence-corrected chi connectivity index (χ0v) is 9.68. The maximum atomic E-state index is 10.7. The number of carbonyl (C=O) groups excluding carboxylic acids is 1. The van der Waals surface area contributed by atoms with Gasteiger partial charge in [0.05, 0.1) is 5.70 Å². The summed E-state index contributed by atoms with van der Waals surface area (Å²) in [6.07, 6.45) is 4.06. The summed E-state index contributed by atoms with van der Waals surface area (Å²) in [5, 5.41) is 8.65. The number of hydrogen-bond donors (Lipinski definition) is 2. The van der Waals surface area contributed by atoms with Crippen molar-refractivity contribution in [3.8, 4) is 0 Å². The first kappa shape index (κ1) is 12.9. The van der Waals surface area contributed by atoms with Gasteiger partial charge in [-0.2, -0.15) is 0 Å². The van der Waals surface area contributed by atoms with Crippen LogP contribution in [0.1, 0.15) is 12.5 Å². The highest BCUT2D eigenvalue weighted by Crippen LogP contribution is 2.13. The maximum absolute atomic E-state index is 10.7. The summed E-state index contributed by atoms with van der Waals surface area (Å²) in [4.78, 5) is 10.7. The van der Waals surface area contributed by atoms with Gasteiger partial charge in [0.2, 0.25) is 0 Å². The van der Waals surface area contributed by atoms with E-state index in [9.17, 15) is 4.79 Å². The summed E-state index contributed by atoms with van der Waals surface area (Å²) in [6.45, 7) is 5.45. The Bertz CT molecular complexity index is 458. The number of aldehydes is 1. The van der Waals surface area contributed by atoms with Crippen LogP contribution >= 0.6 is 0 Å². The average molecular weight is 229 g/mol. The Morgan fingerprint density at radius 2 is 1.94 bits per heavy atom. The third-order valence-corrected chi connectivity index (χ3v) is 2.35. The summed E-state index contributed by atoms with van der Waals surface area (Å²) < 4.78 is 0. The molecule has 0 radical (unpaired) electrons. The molecule has 0 aliphatic heterocycles. The van der Waals surface area contributed by atoms with Crippen molar-refractivity contribution in [2.45, 2.75) is 6.92 Å². The number of nitrogens with one attached hydrogen (secondary N) is 1. The highest BCUT2D eigenvalue weighted by Gasteiger charge is 1.98. The van der Waals surface area contributed by atoms with E-state index in [2.05, 4.69) is 6.58 Å². The first-order chi connectivity index (χ1) is 8.19. The van der Waals surface area contributed by atoms with Gasteiger partial charge in [0, 0.05) is 5.57 Å². The minimum absolute atomic E-state index is 0.178. The van der Waals surface area contributed by atoms with Crippen LogP contribution in [0.5, 0.6) is 0 Å². The van der Waals surface area contributed by atoms with Crippen molar-refractivity contribution in [3.05, 3.63) is 65.9 Å². The van der Waals surface area contributed by atoms with Crippen LogP contribution in [0, 0.1) is 0 Å². The van der Waals surface area contributed by atoms with E-state index < -0.39 is 0 Å². The van der Waals surface area contributed by atoms with Crippen LogP contribution in [0.2, 0.25) is 0 Å². The van der Waals surface area contributed by atoms with Gasteiger partial charge < -0.3 is 0 Å². The van der Waals surface area contributed by atoms with Crippen molar-refractivity contribution < 1.29 is 10.0 Å². The third-order valence-electron chi connectivity index (χ3n) is 2.35. The van der Waals surface area contributed by atoms with E-state index in [-0.39, 0.29) is 5.70 Å². The summed E-state index contributed by atoms with van der Waals surface area (Å²) in [7, 11) is 0. The first-order valence-corrected chi connectivity index (χ1v) is 5.17. The summed E-state index contributed by atoms with van der Waals surface area (Å²) >= 11 is 0. The Hall–Kier alpha value is -2.13. The molecule has 1 aromatic carbocycles. The Morgan fingerprint density at radius 1 is 1.29 bits per heavy atom. The van der Waals surface area contributed by atoms with Crippen LogP contribution in [0.4, 0.5) is 0 Å². The predicted molar refractivity (Wildman–Crippen MR) is 68.3 cm³/mol. The van der Waals surface area contributed by atoms with Gasteiger partial charge in [-0.25, -0.2) is 0 Å². The lowest BCUT2D eigenvalue weighted by Crippen LogP contribution is -2.08. The second-order valence-electron chi connectivity index (χ2n) is 3.55. The number of carbonyl (C=O) groups is 1. The lowest BCUT2D eigenvalue weighted by atomic mass is 10.1. The van der Waals surface area contributed by atoms with Crippen molar-refractivity contribution in [2.75, 3.05) is 0 Å². The molecule has 0 saturated heterocycles. The first-order valence-electron chi connectivity index (χ1n) is 5.17. The fourth-order valence-electron chi connectivity index (χ4n) is 1.29. The molecule has 88 valence electrons. The lowest BCUT2D eigenvalue weighted by Gasteiger charge is -2.02. The molecular weight excluding hydrogens is 214 g/mol. The molecule has 0 fully saturated rings. The van der Waals surface area contributed by atoms with E-state index >= 15 is 0 Å². The molecule has 1 rings (SSSR count). The van der Waals surface area contributed by atoms with E-state index in [1.54, 1.807) is 6.08 Å². The molecule has 0 atom stereocenters. The van der Waals surface area contributed by atoms with Crippen molar-refractivity contribution in [2.24, 2.45) is 0 Å². The molecule has 0 aliphatic carbocycles. The van der Waals surface area contributed by atoms with Crippen LogP contribution in [0.3, 0.4) is 0 Å². The summed E-state index contributed by atoms with van der Waals surface area (Å²) in [6, 6.07) is 9.82. The second-order valence-corrected chi connectivity index (χ2v) is 3.55. The molecule has 17 heavy (non-hydrogen) atoms. The Kier molecular flexibility index (Phi) is 4.91. The van der Waals surface area contributed by atoms with Gasteiger partial charge >= 0.3 is 0 Å². The maximum Gasteiger partial charge on any atom is 0.152 e. The predicted octanol–water partition coefficient (Wildman–Crippen LogP) is 2.71. The number of rotatable bonds is 5. The monoisotopic (exact) mass is 229 g/mol. The second kappa shape index (κ2) is 6.45. The fraction of sp³-hybridized carbons (Fsp3) is 0.0714. The summed E-state index contributed by atoms with van der Waals surface area (Å²) in [5.41, 5.74) is 4.45. The van der Waals surface area contributed by atoms with Crippen molar-refractivity contribution in [3.63, 3.8) is 0 Å². The van der Waals surface area contributed by atoms with Gasteiger partial charge in [-0.05, 0) is 24.1 Å². The molecule has 0 spiro atoms. The van der Waals surface area contributed by atoms with Crippen LogP contribution in [-0.2, 0) is 4.79 Å². The highest BCUT2D eigenvalue weighted by atomic mass is 16.5. The zero-order chi connectivity index (χ0) is 12.7. The standard InChI is InChI=1S/C14H15NO2/c1-11(13-6-4-3-5-7-13)8-9-14(10-16)12(2)15-17/h3-10,15,17H,2H2,1H3/b11-8+,14-9-. The molecule has 2 N–H and O–H groups in total. The van der Waals surface area contributed by atoms with Gasteiger partial charge in [0.25, 0.3) is 0 Å². The van der Waals surface area contributed by atoms with Crippen molar-refractivity contribution in [1.29, 1.82) is 0 Å². The van der Waals surface area contributed by atoms with E-state index in [0.717, 1.165) is 11.1 Å². The Morgan fingerprint density at radius 3 is 2.47 bits per heavy atom. The fourth-order valence-corrected chi connectivity index (χ4v) is 1.29. The van der Waals surface area contributed by atoms with E-state index in [0.29, 0.717) is 11.9 Å². The van der Waals surface area contributed by atoms with Crippen molar-refractivity contribution >= 4 is 11.9 Å². The Labute approximate surface area is 101 Å². The normalized spacial score (nSPS) is 12.1. The average Bonchev–Trinajstić information content (AvgIpc) is 2.39. The molecule has 0 heterocycles. The van der Waals surface area contributed by atoms with Gasteiger partial charge in [0.15, 0.2) is 6.29 Å². The number of hydroxylamine groups is 1. The van der Waals surface area contributed by atoms with Gasteiger partial charge in [0.1, 0.15) is 0 Å². The van der Waals surface area contributed by atoms with Gasteiger partial charge in [-0.15, -0.1) is 0 Å². The Balaban J connectivity index is 2.93. The van der Waals surface area contributed by atoms with Crippen molar-refractivity contribution in [1.82, 2.24) is 5.48 Å². The largest absolute Gasteiger partial charge is 0.298 e.